The van der Waals surface area contributed by atoms with Crippen LogP contribution in [0.5, 0.6) is 0 Å². The van der Waals surface area contributed by atoms with Gasteiger partial charge in [0.15, 0.2) is 5.82 Å². The monoisotopic (exact) mass is 446 g/mol. The minimum absolute atomic E-state index is 0.212. The zero-order valence-electron chi connectivity index (χ0n) is 13.4. The van der Waals surface area contributed by atoms with Crippen LogP contribution in [-0.4, -0.2) is 26.4 Å². The topological polar surface area (TPSA) is 116 Å². The third-order valence-corrected chi connectivity index (χ3v) is 5.30. The van der Waals surface area contributed by atoms with Crippen LogP contribution < -0.4 is 4.72 Å². The smallest absolute Gasteiger partial charge is 0.343 e. The Kier molecular flexibility index (Phi) is 5.62. The lowest BCUT2D eigenvalue weighted by molar-refractivity contribution is -0.384. The molecule has 0 aliphatic heterocycles. The van der Waals surface area contributed by atoms with Crippen molar-refractivity contribution in [2.45, 2.75) is 11.8 Å². The normalized spacial score (nSPS) is 11.1. The number of rotatable bonds is 5. The molecule has 11 heteroatoms. The largest absolute Gasteiger partial charge is 0.465 e. The van der Waals surface area contributed by atoms with Crippen molar-refractivity contribution in [1.82, 2.24) is 0 Å². The molecule has 0 heterocycles. The number of ether oxygens (including phenoxy) is 1. The molecule has 0 atom stereocenters. The first kappa shape index (κ1) is 19.8. The molecule has 0 aromatic heterocycles. The number of hydrogen-bond donors (Lipinski definition) is 1. The Morgan fingerprint density at radius 2 is 1.88 bits per heavy atom. The Bertz CT molecular complexity index is 992. The van der Waals surface area contributed by atoms with E-state index in [-0.39, 0.29) is 9.37 Å². The number of benzene rings is 2. The SMILES string of the molecule is COC(=O)c1c(F)c(Br)cc([N+](=O)[O-])c1NS(=O)(=O)c1ccc(C)cc1. The molecule has 2 aromatic rings. The third kappa shape index (κ3) is 3.83. The van der Waals surface area contributed by atoms with Crippen LogP contribution >= 0.6 is 15.9 Å². The lowest BCUT2D eigenvalue weighted by Crippen LogP contribution is -2.19. The van der Waals surface area contributed by atoms with Crippen LogP contribution in [0.1, 0.15) is 15.9 Å². The molecule has 0 aliphatic carbocycles. The third-order valence-electron chi connectivity index (χ3n) is 3.35. The van der Waals surface area contributed by atoms with Crippen LogP contribution in [0.2, 0.25) is 0 Å². The van der Waals surface area contributed by atoms with Crippen molar-refractivity contribution >= 4 is 43.3 Å². The second-order valence-electron chi connectivity index (χ2n) is 5.11. The first-order valence-electron chi connectivity index (χ1n) is 6.92. The molecule has 0 aliphatic rings. The van der Waals surface area contributed by atoms with Crippen molar-refractivity contribution in [1.29, 1.82) is 0 Å². The Balaban J connectivity index is 2.71. The number of methoxy groups -OCH3 is 1. The molecule has 2 aromatic carbocycles. The summed E-state index contributed by atoms with van der Waals surface area (Å²) < 4.78 is 45.4. The lowest BCUT2D eigenvalue weighted by Gasteiger charge is -2.13. The first-order valence-corrected chi connectivity index (χ1v) is 9.20. The van der Waals surface area contributed by atoms with Gasteiger partial charge < -0.3 is 4.74 Å². The van der Waals surface area contributed by atoms with Gasteiger partial charge in [0.25, 0.3) is 15.7 Å². The van der Waals surface area contributed by atoms with E-state index >= 15 is 0 Å². The molecule has 8 nitrogen and oxygen atoms in total. The minimum atomic E-state index is -4.32. The van der Waals surface area contributed by atoms with Gasteiger partial charge in [0.2, 0.25) is 0 Å². The van der Waals surface area contributed by atoms with E-state index in [0.717, 1.165) is 18.7 Å². The number of aryl methyl sites for hydroxylation is 1. The van der Waals surface area contributed by atoms with Gasteiger partial charge in [0.1, 0.15) is 11.3 Å². The summed E-state index contributed by atoms with van der Waals surface area (Å²) in [6.45, 7) is 1.74. The molecule has 26 heavy (non-hydrogen) atoms. The van der Waals surface area contributed by atoms with E-state index in [1.807, 2.05) is 4.72 Å². The summed E-state index contributed by atoms with van der Waals surface area (Å²) in [6.07, 6.45) is 0. The number of nitro benzene ring substituents is 1. The standard InChI is InChI=1S/C15H12BrFN2O6S/c1-8-3-5-9(6-4-8)26(23,24)18-14-11(19(21)22)7-10(16)13(17)12(14)15(20)25-2/h3-7,18H,1-2H3. The Morgan fingerprint density at radius 1 is 1.31 bits per heavy atom. The van der Waals surface area contributed by atoms with Crippen LogP contribution in [0.25, 0.3) is 0 Å². The molecule has 0 spiro atoms. The highest BCUT2D eigenvalue weighted by Crippen LogP contribution is 2.37. The lowest BCUT2D eigenvalue weighted by atomic mass is 10.1. The number of carbonyl (C=O) groups excluding carboxylic acids is 1. The van der Waals surface area contributed by atoms with Crippen molar-refractivity contribution in [3.8, 4) is 0 Å². The summed E-state index contributed by atoms with van der Waals surface area (Å²) in [5.74, 6) is -2.46. The average molecular weight is 447 g/mol. The minimum Gasteiger partial charge on any atom is -0.465 e. The fourth-order valence-corrected chi connectivity index (χ4v) is 3.57. The summed E-state index contributed by atoms with van der Waals surface area (Å²) in [6, 6.07) is 6.35. The molecule has 2 rings (SSSR count). The van der Waals surface area contributed by atoms with E-state index in [9.17, 15) is 27.7 Å². The predicted molar refractivity (Wildman–Crippen MR) is 94.1 cm³/mol. The fraction of sp³-hybridized carbons (Fsp3) is 0.133. The first-order chi connectivity index (χ1) is 12.1. The molecule has 0 fully saturated rings. The molecule has 0 saturated carbocycles. The second kappa shape index (κ2) is 7.38. The van der Waals surface area contributed by atoms with Crippen molar-refractivity contribution in [3.05, 3.63) is 61.9 Å². The average Bonchev–Trinajstić information content (AvgIpc) is 2.57. The number of hydrogen-bond acceptors (Lipinski definition) is 6. The van der Waals surface area contributed by atoms with Gasteiger partial charge in [-0.25, -0.2) is 17.6 Å². The second-order valence-corrected chi connectivity index (χ2v) is 7.65. The number of sulfonamides is 1. The summed E-state index contributed by atoms with van der Waals surface area (Å²) in [4.78, 5) is 22.0. The molecular formula is C15H12BrFN2O6S. The zero-order chi connectivity index (χ0) is 19.6. The Labute approximate surface area is 156 Å². The summed E-state index contributed by atoms with van der Waals surface area (Å²) in [7, 11) is -3.39. The van der Waals surface area contributed by atoms with Crippen molar-refractivity contribution in [2.75, 3.05) is 11.8 Å². The van der Waals surface area contributed by atoms with Crippen LogP contribution in [-0.2, 0) is 14.8 Å². The van der Waals surface area contributed by atoms with Gasteiger partial charge in [-0.1, -0.05) is 17.7 Å². The molecule has 0 amide bonds. The van der Waals surface area contributed by atoms with Gasteiger partial charge in [-0.15, -0.1) is 0 Å². The molecule has 138 valence electrons. The summed E-state index contributed by atoms with van der Waals surface area (Å²) >= 11 is 2.76. The van der Waals surface area contributed by atoms with E-state index in [2.05, 4.69) is 20.7 Å². The molecular weight excluding hydrogens is 435 g/mol. The zero-order valence-corrected chi connectivity index (χ0v) is 15.9. The van der Waals surface area contributed by atoms with Crippen LogP contribution in [0.15, 0.2) is 39.7 Å². The molecule has 0 bridgehead atoms. The molecule has 1 N–H and O–H groups in total. The van der Waals surface area contributed by atoms with Crippen LogP contribution in [0.3, 0.4) is 0 Å². The van der Waals surface area contributed by atoms with Crippen molar-refractivity contribution < 1.29 is 27.3 Å². The fourth-order valence-electron chi connectivity index (χ4n) is 2.06. The van der Waals surface area contributed by atoms with Gasteiger partial charge in [-0.2, -0.15) is 0 Å². The quantitative estimate of drug-likeness (QED) is 0.427. The van der Waals surface area contributed by atoms with Gasteiger partial charge >= 0.3 is 5.97 Å². The summed E-state index contributed by atoms with van der Waals surface area (Å²) in [5, 5.41) is 11.3. The van der Waals surface area contributed by atoms with Gasteiger partial charge in [0.05, 0.1) is 21.4 Å². The van der Waals surface area contributed by atoms with E-state index in [0.29, 0.717) is 0 Å². The molecule has 0 saturated heterocycles. The maximum Gasteiger partial charge on any atom is 0.343 e. The highest BCUT2D eigenvalue weighted by Gasteiger charge is 2.32. The highest BCUT2D eigenvalue weighted by molar-refractivity contribution is 9.10. The van der Waals surface area contributed by atoms with Gasteiger partial charge in [-0.3, -0.25) is 14.8 Å². The predicted octanol–water partition coefficient (Wildman–Crippen LogP) is 3.39. The Morgan fingerprint density at radius 3 is 2.38 bits per heavy atom. The van der Waals surface area contributed by atoms with E-state index in [1.54, 1.807) is 6.92 Å². The van der Waals surface area contributed by atoms with E-state index in [4.69, 9.17) is 0 Å². The number of nitro groups is 1. The number of carbonyl (C=O) groups is 1. The van der Waals surface area contributed by atoms with Gasteiger partial charge in [0, 0.05) is 6.07 Å². The summed E-state index contributed by atoms with van der Waals surface area (Å²) in [5.41, 5.74) is -1.73. The molecule has 0 unspecified atom stereocenters. The van der Waals surface area contributed by atoms with Gasteiger partial charge in [-0.05, 0) is 35.0 Å². The number of anilines is 1. The maximum atomic E-state index is 14.4. The van der Waals surface area contributed by atoms with Crippen LogP contribution in [0.4, 0.5) is 15.8 Å². The number of nitrogens with one attached hydrogen (secondary N) is 1. The molecule has 0 radical (unpaired) electrons. The maximum absolute atomic E-state index is 14.4. The van der Waals surface area contributed by atoms with Crippen molar-refractivity contribution in [2.24, 2.45) is 0 Å². The van der Waals surface area contributed by atoms with E-state index in [1.165, 1.54) is 24.3 Å². The van der Waals surface area contributed by atoms with E-state index < -0.39 is 43.7 Å². The Hall–Kier alpha value is -2.53. The van der Waals surface area contributed by atoms with Crippen LogP contribution in [0, 0.1) is 22.9 Å². The number of nitrogens with zero attached hydrogens (tertiary/aromatic N) is 1. The number of halogens is 2. The highest BCUT2D eigenvalue weighted by atomic mass is 79.9. The van der Waals surface area contributed by atoms with Crippen molar-refractivity contribution in [3.63, 3.8) is 0 Å². The number of esters is 1.